The largest absolute Gasteiger partial charge is 0.298 e. The maximum Gasteiger partial charge on any atom is 0.267 e. The van der Waals surface area contributed by atoms with Crippen LogP contribution in [0.3, 0.4) is 0 Å². The van der Waals surface area contributed by atoms with E-state index in [1.807, 2.05) is 0 Å². The van der Waals surface area contributed by atoms with Crippen LogP contribution in [0, 0.1) is 5.92 Å². The van der Waals surface area contributed by atoms with Gasteiger partial charge in [-0.15, -0.1) is 0 Å². The Morgan fingerprint density at radius 2 is 2.13 bits per heavy atom. The Labute approximate surface area is 96.7 Å². The molecule has 3 nitrogen and oxygen atoms in total. The van der Waals surface area contributed by atoms with E-state index >= 15 is 0 Å². The summed E-state index contributed by atoms with van der Waals surface area (Å²) >= 11 is 3.39. The van der Waals surface area contributed by atoms with Crippen LogP contribution < -0.4 is 5.56 Å². The van der Waals surface area contributed by atoms with Crippen molar-refractivity contribution < 1.29 is 0 Å². The number of nitrogens with zero attached hydrogens (tertiary/aromatic N) is 2. The minimum absolute atomic E-state index is 0.0961. The Morgan fingerprint density at radius 3 is 2.73 bits per heavy atom. The lowest BCUT2D eigenvalue weighted by atomic mass is 10.3. The van der Waals surface area contributed by atoms with Crippen LogP contribution in [-0.2, 0) is 6.54 Å². The van der Waals surface area contributed by atoms with Crippen molar-refractivity contribution in [3.8, 4) is 0 Å². The van der Waals surface area contributed by atoms with Crippen LogP contribution in [0.1, 0.15) is 37.3 Å². The zero-order valence-electron chi connectivity index (χ0n) is 8.45. The Morgan fingerprint density at radius 1 is 1.40 bits per heavy atom. The third-order valence-corrected chi connectivity index (χ3v) is 3.87. The van der Waals surface area contributed by atoms with E-state index in [0.29, 0.717) is 16.3 Å². The smallest absolute Gasteiger partial charge is 0.267 e. The van der Waals surface area contributed by atoms with E-state index in [1.165, 1.54) is 25.7 Å². The summed E-state index contributed by atoms with van der Waals surface area (Å²) < 4.78 is 2.43. The van der Waals surface area contributed by atoms with Crippen LogP contribution >= 0.6 is 15.9 Å². The zero-order chi connectivity index (χ0) is 10.4. The second-order valence-corrected chi connectivity index (χ2v) is 5.41. The standard InChI is InChI=1S/C11H13BrN2O/c12-9-10(8-3-4-8)13-6-14(11(9)15)5-7-1-2-7/h6-8H,1-5H2. The van der Waals surface area contributed by atoms with Gasteiger partial charge in [-0.05, 0) is 47.5 Å². The van der Waals surface area contributed by atoms with Gasteiger partial charge in [-0.25, -0.2) is 4.98 Å². The highest BCUT2D eigenvalue weighted by atomic mass is 79.9. The van der Waals surface area contributed by atoms with Crippen LogP contribution in [0.15, 0.2) is 15.6 Å². The van der Waals surface area contributed by atoms with Gasteiger partial charge in [-0.3, -0.25) is 9.36 Å². The van der Waals surface area contributed by atoms with E-state index in [2.05, 4.69) is 20.9 Å². The fourth-order valence-electron chi connectivity index (χ4n) is 1.83. The van der Waals surface area contributed by atoms with Gasteiger partial charge in [0, 0.05) is 12.5 Å². The zero-order valence-corrected chi connectivity index (χ0v) is 10.0. The molecule has 2 saturated carbocycles. The summed E-state index contributed by atoms with van der Waals surface area (Å²) in [6, 6.07) is 0. The van der Waals surface area contributed by atoms with Crippen molar-refractivity contribution in [2.45, 2.75) is 38.1 Å². The molecule has 0 N–H and O–H groups in total. The van der Waals surface area contributed by atoms with Crippen LogP contribution in [0.4, 0.5) is 0 Å². The monoisotopic (exact) mass is 268 g/mol. The van der Waals surface area contributed by atoms with Crippen LogP contribution in [0.5, 0.6) is 0 Å². The van der Waals surface area contributed by atoms with Crippen LogP contribution in [0.2, 0.25) is 0 Å². The molecular formula is C11H13BrN2O. The first-order valence-corrected chi connectivity index (χ1v) is 6.30. The number of hydrogen-bond acceptors (Lipinski definition) is 2. The molecule has 15 heavy (non-hydrogen) atoms. The quantitative estimate of drug-likeness (QED) is 0.843. The summed E-state index contributed by atoms with van der Waals surface area (Å²) in [4.78, 5) is 16.4. The highest BCUT2D eigenvalue weighted by molar-refractivity contribution is 9.10. The first-order valence-electron chi connectivity index (χ1n) is 5.50. The van der Waals surface area contributed by atoms with E-state index in [9.17, 15) is 4.79 Å². The highest BCUT2D eigenvalue weighted by Gasteiger charge is 2.29. The molecule has 80 valence electrons. The lowest BCUT2D eigenvalue weighted by molar-refractivity contribution is 0.589. The van der Waals surface area contributed by atoms with Crippen molar-refractivity contribution >= 4 is 15.9 Å². The van der Waals surface area contributed by atoms with Crippen LogP contribution in [0.25, 0.3) is 0 Å². The number of halogens is 1. The normalized spacial score (nSPS) is 20.6. The number of rotatable bonds is 3. The predicted molar refractivity (Wildman–Crippen MR) is 60.9 cm³/mol. The average molecular weight is 269 g/mol. The maximum atomic E-state index is 12.0. The van der Waals surface area contributed by atoms with E-state index in [0.717, 1.165) is 12.2 Å². The number of hydrogen-bond donors (Lipinski definition) is 0. The van der Waals surface area contributed by atoms with Gasteiger partial charge in [-0.2, -0.15) is 0 Å². The molecule has 4 heteroatoms. The Bertz CT molecular complexity index is 446. The SMILES string of the molecule is O=c1c(Br)c(C2CC2)ncn1CC1CC1. The molecule has 3 rings (SSSR count). The van der Waals surface area contributed by atoms with Crippen molar-refractivity contribution in [2.24, 2.45) is 5.92 Å². The molecule has 0 radical (unpaired) electrons. The van der Waals surface area contributed by atoms with Crippen molar-refractivity contribution in [1.82, 2.24) is 9.55 Å². The molecular weight excluding hydrogens is 256 g/mol. The van der Waals surface area contributed by atoms with Gasteiger partial charge in [0.15, 0.2) is 0 Å². The second-order valence-electron chi connectivity index (χ2n) is 4.62. The molecule has 0 aliphatic heterocycles. The van der Waals surface area contributed by atoms with E-state index in [-0.39, 0.29) is 5.56 Å². The molecule has 0 spiro atoms. The summed E-state index contributed by atoms with van der Waals surface area (Å²) in [6.45, 7) is 0.843. The van der Waals surface area contributed by atoms with Gasteiger partial charge in [0.05, 0.1) is 12.0 Å². The number of aromatic nitrogens is 2. The molecule has 1 heterocycles. The van der Waals surface area contributed by atoms with Gasteiger partial charge >= 0.3 is 0 Å². The molecule has 0 amide bonds. The first-order chi connectivity index (χ1) is 7.25. The van der Waals surface area contributed by atoms with Crippen molar-refractivity contribution in [3.63, 3.8) is 0 Å². The van der Waals surface area contributed by atoms with E-state index in [1.54, 1.807) is 10.9 Å². The fourth-order valence-corrected chi connectivity index (χ4v) is 2.48. The van der Waals surface area contributed by atoms with Crippen LogP contribution in [-0.4, -0.2) is 9.55 Å². The maximum absolute atomic E-state index is 12.0. The third kappa shape index (κ3) is 1.87. The minimum Gasteiger partial charge on any atom is -0.298 e. The summed E-state index contributed by atoms with van der Waals surface area (Å²) in [5.41, 5.74) is 1.06. The van der Waals surface area contributed by atoms with Crippen molar-refractivity contribution in [1.29, 1.82) is 0 Å². The van der Waals surface area contributed by atoms with Gasteiger partial charge < -0.3 is 0 Å². The fraction of sp³-hybridized carbons (Fsp3) is 0.636. The average Bonchev–Trinajstić information content (AvgIpc) is 3.05. The van der Waals surface area contributed by atoms with Gasteiger partial charge in [0.25, 0.3) is 5.56 Å². The molecule has 0 atom stereocenters. The molecule has 1 aromatic heterocycles. The lowest BCUT2D eigenvalue weighted by Gasteiger charge is -2.07. The summed E-state index contributed by atoms with van der Waals surface area (Å²) in [5, 5.41) is 0. The van der Waals surface area contributed by atoms with Gasteiger partial charge in [0.2, 0.25) is 0 Å². The summed E-state index contributed by atoms with van der Waals surface area (Å²) in [6.07, 6.45) is 6.59. The van der Waals surface area contributed by atoms with Crippen molar-refractivity contribution in [3.05, 3.63) is 26.8 Å². The minimum atomic E-state index is 0.0961. The Kier molecular flexibility index (Phi) is 2.20. The molecule has 0 bridgehead atoms. The molecule has 1 aromatic rings. The topological polar surface area (TPSA) is 34.9 Å². The molecule has 0 aromatic carbocycles. The van der Waals surface area contributed by atoms with E-state index in [4.69, 9.17) is 0 Å². The Hall–Kier alpha value is -0.640. The highest BCUT2D eigenvalue weighted by Crippen LogP contribution is 2.41. The van der Waals surface area contributed by atoms with Gasteiger partial charge in [0.1, 0.15) is 4.47 Å². The molecule has 2 aliphatic carbocycles. The summed E-state index contributed by atoms with van der Waals surface area (Å²) in [7, 11) is 0. The molecule has 2 fully saturated rings. The lowest BCUT2D eigenvalue weighted by Crippen LogP contribution is -2.23. The second kappa shape index (κ2) is 3.44. The molecule has 0 saturated heterocycles. The Balaban J connectivity index is 1.95. The molecule has 2 aliphatic rings. The van der Waals surface area contributed by atoms with Crippen molar-refractivity contribution in [2.75, 3.05) is 0 Å². The first kappa shape index (κ1) is 9.58. The molecule has 0 unspecified atom stereocenters. The third-order valence-electron chi connectivity index (χ3n) is 3.13. The predicted octanol–water partition coefficient (Wildman–Crippen LogP) is 2.29. The van der Waals surface area contributed by atoms with E-state index < -0.39 is 0 Å². The summed E-state index contributed by atoms with van der Waals surface area (Å²) in [5.74, 6) is 1.24. The van der Waals surface area contributed by atoms with Gasteiger partial charge in [-0.1, -0.05) is 0 Å².